The number of rotatable bonds is 5. The maximum Gasteiger partial charge on any atom is 0.264 e. The second-order valence-corrected chi connectivity index (χ2v) is 4.66. The summed E-state index contributed by atoms with van der Waals surface area (Å²) in [6.07, 6.45) is 5.04. The molecule has 2 rings (SSSR count). The zero-order valence-corrected chi connectivity index (χ0v) is 11.2. The van der Waals surface area contributed by atoms with Gasteiger partial charge in [0, 0.05) is 31.9 Å². The molecule has 2 aromatic heterocycles. The Morgan fingerprint density at radius 3 is 3.06 bits per heavy atom. The quantitative estimate of drug-likeness (QED) is 0.868. The smallest absolute Gasteiger partial charge is 0.264 e. The summed E-state index contributed by atoms with van der Waals surface area (Å²) in [6.45, 7) is 2.54. The Balaban J connectivity index is 1.87. The number of imidazole rings is 1. The van der Waals surface area contributed by atoms with E-state index in [2.05, 4.69) is 19.9 Å². The molecule has 0 aliphatic heterocycles. The first kappa shape index (κ1) is 12.7. The molecule has 0 aliphatic carbocycles. The fourth-order valence-corrected chi connectivity index (χ4v) is 2.29. The van der Waals surface area contributed by atoms with E-state index < -0.39 is 0 Å². The predicted octanol–water partition coefficient (Wildman–Crippen LogP) is 0.806. The number of aromatic nitrogens is 4. The molecule has 7 heteroatoms. The molecule has 0 aliphatic rings. The van der Waals surface area contributed by atoms with Crippen molar-refractivity contribution in [2.75, 3.05) is 6.54 Å². The number of aryl methyl sites for hydroxylation is 2. The molecule has 0 atom stereocenters. The number of nitrogens with zero attached hydrogens (tertiary/aromatic N) is 4. The van der Waals surface area contributed by atoms with Crippen molar-refractivity contribution < 1.29 is 4.79 Å². The summed E-state index contributed by atoms with van der Waals surface area (Å²) in [7, 11) is 1.94. The van der Waals surface area contributed by atoms with Crippen molar-refractivity contribution in [1.29, 1.82) is 0 Å². The van der Waals surface area contributed by atoms with Gasteiger partial charge in [0.1, 0.15) is 4.88 Å². The lowest BCUT2D eigenvalue weighted by Crippen LogP contribution is -2.26. The summed E-state index contributed by atoms with van der Waals surface area (Å²) in [4.78, 5) is 16.5. The summed E-state index contributed by atoms with van der Waals surface area (Å²) in [5.41, 5.74) is 1.85. The van der Waals surface area contributed by atoms with E-state index in [1.807, 2.05) is 18.5 Å². The maximum absolute atomic E-state index is 11.9. The second kappa shape index (κ2) is 5.72. The predicted molar refractivity (Wildman–Crippen MR) is 68.5 cm³/mol. The van der Waals surface area contributed by atoms with Crippen LogP contribution in [0.15, 0.2) is 12.5 Å². The van der Waals surface area contributed by atoms with E-state index in [0.29, 0.717) is 11.4 Å². The average Bonchev–Trinajstić information content (AvgIpc) is 2.98. The Hall–Kier alpha value is -1.76. The first-order valence-electron chi connectivity index (χ1n) is 5.77. The third-order valence-electron chi connectivity index (χ3n) is 2.68. The van der Waals surface area contributed by atoms with Crippen molar-refractivity contribution in [3.63, 3.8) is 0 Å². The first-order valence-corrected chi connectivity index (χ1v) is 6.54. The van der Waals surface area contributed by atoms with Gasteiger partial charge in [0.15, 0.2) is 0 Å². The van der Waals surface area contributed by atoms with Gasteiger partial charge < -0.3 is 9.88 Å². The molecule has 0 fully saturated rings. The molecule has 96 valence electrons. The van der Waals surface area contributed by atoms with Crippen molar-refractivity contribution in [1.82, 2.24) is 24.5 Å². The van der Waals surface area contributed by atoms with E-state index in [1.54, 1.807) is 12.5 Å². The van der Waals surface area contributed by atoms with E-state index in [-0.39, 0.29) is 5.91 Å². The molecule has 0 spiro atoms. The van der Waals surface area contributed by atoms with Crippen molar-refractivity contribution in [2.45, 2.75) is 19.8 Å². The van der Waals surface area contributed by atoms with Gasteiger partial charge in [0.05, 0.1) is 12.0 Å². The zero-order chi connectivity index (χ0) is 13.0. The summed E-state index contributed by atoms with van der Waals surface area (Å²) < 4.78 is 5.75. The molecule has 1 amide bonds. The highest BCUT2D eigenvalue weighted by atomic mass is 32.1. The summed E-state index contributed by atoms with van der Waals surface area (Å²) >= 11 is 1.14. The summed E-state index contributed by atoms with van der Waals surface area (Å²) in [5.74, 6) is -0.0935. The van der Waals surface area contributed by atoms with E-state index in [4.69, 9.17) is 0 Å². The molecule has 0 saturated carbocycles. The molecule has 0 bridgehead atoms. The SMILES string of the molecule is CCc1nnsc1C(=O)NCCc1cncn1C. The van der Waals surface area contributed by atoms with Gasteiger partial charge in [-0.3, -0.25) is 4.79 Å². The van der Waals surface area contributed by atoms with Gasteiger partial charge in [0.25, 0.3) is 5.91 Å². The van der Waals surface area contributed by atoms with Gasteiger partial charge in [-0.1, -0.05) is 11.4 Å². The largest absolute Gasteiger partial charge is 0.351 e. The van der Waals surface area contributed by atoms with Crippen LogP contribution < -0.4 is 5.32 Å². The Kier molecular flexibility index (Phi) is 4.03. The Morgan fingerprint density at radius 2 is 2.39 bits per heavy atom. The van der Waals surface area contributed by atoms with Crippen molar-refractivity contribution >= 4 is 17.4 Å². The van der Waals surface area contributed by atoms with Crippen LogP contribution in [0.5, 0.6) is 0 Å². The van der Waals surface area contributed by atoms with Crippen LogP contribution in [0.2, 0.25) is 0 Å². The topological polar surface area (TPSA) is 72.7 Å². The second-order valence-electron chi connectivity index (χ2n) is 3.90. The fraction of sp³-hybridized carbons (Fsp3) is 0.455. The van der Waals surface area contributed by atoms with Gasteiger partial charge in [-0.05, 0) is 18.0 Å². The highest BCUT2D eigenvalue weighted by Crippen LogP contribution is 2.10. The van der Waals surface area contributed by atoms with Crippen molar-refractivity contribution in [2.24, 2.45) is 7.05 Å². The van der Waals surface area contributed by atoms with E-state index in [9.17, 15) is 4.79 Å². The molecule has 2 aromatic rings. The molecular formula is C11H15N5OS. The summed E-state index contributed by atoms with van der Waals surface area (Å²) in [6, 6.07) is 0. The van der Waals surface area contributed by atoms with Crippen LogP contribution in [-0.4, -0.2) is 31.6 Å². The molecule has 1 N–H and O–H groups in total. The fourth-order valence-electron chi connectivity index (χ4n) is 1.62. The van der Waals surface area contributed by atoms with Gasteiger partial charge in [-0.25, -0.2) is 4.98 Å². The molecular weight excluding hydrogens is 250 g/mol. The normalized spacial score (nSPS) is 10.6. The lowest BCUT2D eigenvalue weighted by atomic mass is 10.3. The highest BCUT2D eigenvalue weighted by molar-refractivity contribution is 7.08. The standard InChI is InChI=1S/C11H15N5OS/c1-3-9-10(18-15-14-9)11(17)13-5-4-8-6-12-7-16(8)2/h6-7H,3-5H2,1-2H3,(H,13,17). The number of hydrogen-bond donors (Lipinski definition) is 1. The van der Waals surface area contributed by atoms with Crippen LogP contribution in [0.25, 0.3) is 0 Å². The number of amides is 1. The molecule has 0 unspecified atom stereocenters. The van der Waals surface area contributed by atoms with Crippen LogP contribution in [0.4, 0.5) is 0 Å². The van der Waals surface area contributed by atoms with E-state index in [0.717, 1.165) is 35.8 Å². The number of nitrogens with one attached hydrogen (secondary N) is 1. The van der Waals surface area contributed by atoms with Crippen LogP contribution in [-0.2, 0) is 19.9 Å². The van der Waals surface area contributed by atoms with Crippen LogP contribution in [0, 0.1) is 0 Å². The molecule has 0 radical (unpaired) electrons. The van der Waals surface area contributed by atoms with Crippen LogP contribution in [0.3, 0.4) is 0 Å². The lowest BCUT2D eigenvalue weighted by molar-refractivity contribution is 0.0957. The summed E-state index contributed by atoms with van der Waals surface area (Å²) in [5, 5.41) is 6.80. The van der Waals surface area contributed by atoms with Crippen LogP contribution in [0.1, 0.15) is 28.0 Å². The van der Waals surface area contributed by atoms with Crippen LogP contribution >= 0.6 is 11.5 Å². The maximum atomic E-state index is 11.9. The third-order valence-corrected chi connectivity index (χ3v) is 3.45. The average molecular weight is 265 g/mol. The third kappa shape index (κ3) is 2.73. The number of carbonyl (C=O) groups is 1. The lowest BCUT2D eigenvalue weighted by Gasteiger charge is -2.04. The number of hydrogen-bond acceptors (Lipinski definition) is 5. The van der Waals surface area contributed by atoms with E-state index >= 15 is 0 Å². The minimum Gasteiger partial charge on any atom is -0.351 e. The van der Waals surface area contributed by atoms with Gasteiger partial charge in [0.2, 0.25) is 0 Å². The Labute approximate surface area is 109 Å². The minimum atomic E-state index is -0.0935. The van der Waals surface area contributed by atoms with Crippen molar-refractivity contribution in [3.05, 3.63) is 28.8 Å². The molecule has 18 heavy (non-hydrogen) atoms. The highest BCUT2D eigenvalue weighted by Gasteiger charge is 2.14. The molecule has 0 saturated heterocycles. The van der Waals surface area contributed by atoms with Gasteiger partial charge in [-0.2, -0.15) is 0 Å². The zero-order valence-electron chi connectivity index (χ0n) is 10.4. The number of carbonyl (C=O) groups excluding carboxylic acids is 1. The molecule has 0 aromatic carbocycles. The van der Waals surface area contributed by atoms with Gasteiger partial charge >= 0.3 is 0 Å². The molecule has 2 heterocycles. The Morgan fingerprint density at radius 1 is 1.56 bits per heavy atom. The monoisotopic (exact) mass is 265 g/mol. The first-order chi connectivity index (χ1) is 8.72. The minimum absolute atomic E-state index is 0.0935. The van der Waals surface area contributed by atoms with Gasteiger partial charge in [-0.15, -0.1) is 5.10 Å². The van der Waals surface area contributed by atoms with Crippen molar-refractivity contribution in [3.8, 4) is 0 Å². The Bertz CT molecular complexity index is 533. The van der Waals surface area contributed by atoms with E-state index in [1.165, 1.54) is 0 Å². The molecule has 6 nitrogen and oxygen atoms in total.